The van der Waals surface area contributed by atoms with Crippen molar-refractivity contribution in [2.24, 2.45) is 0 Å². The summed E-state index contributed by atoms with van der Waals surface area (Å²) in [6, 6.07) is 0. The van der Waals surface area contributed by atoms with Crippen molar-refractivity contribution in [2.45, 2.75) is 5.66 Å². The first-order valence-electron chi connectivity index (χ1n) is 2.23. The average molecular weight is 154 g/mol. The van der Waals surface area contributed by atoms with Gasteiger partial charge in [-0.15, -0.1) is 9.24 Å². The second kappa shape index (κ2) is 1.94. The molecule has 0 radical (unpaired) electrons. The van der Waals surface area contributed by atoms with Crippen molar-refractivity contribution in [3.63, 3.8) is 0 Å². The maximum absolute atomic E-state index is 10.4. The Balaban J connectivity index is 2.71. The Morgan fingerprint density at radius 1 is 1.62 bits per heavy atom. The lowest BCUT2D eigenvalue weighted by atomic mass is 10.5. The zero-order valence-electron chi connectivity index (χ0n) is 4.20. The first-order chi connectivity index (χ1) is 3.60. The molecule has 1 rings (SSSR count). The zero-order valence-corrected chi connectivity index (χ0v) is 6.17. The minimum Gasteiger partial charge on any atom is -0.269 e. The van der Waals surface area contributed by atoms with Crippen LogP contribution in [0.2, 0.25) is 0 Å². The standard InChI is InChI=1S/C3H7O3PS/c4-8(5)2-3(7)1-6-8/h3H,1-2,7H2. The van der Waals surface area contributed by atoms with E-state index in [0.717, 1.165) is 0 Å². The van der Waals surface area contributed by atoms with Gasteiger partial charge in [-0.1, -0.05) is 0 Å². The second-order valence-electron chi connectivity index (χ2n) is 1.77. The summed E-state index contributed by atoms with van der Waals surface area (Å²) in [5, 5.41) is 0. The van der Waals surface area contributed by atoms with Crippen molar-refractivity contribution in [1.29, 1.82) is 0 Å². The summed E-state index contributed by atoms with van der Waals surface area (Å²) in [6.07, 6.45) is 0. The Morgan fingerprint density at radius 3 is 2.38 bits per heavy atom. The van der Waals surface area contributed by atoms with Gasteiger partial charge in [-0.05, 0) is 0 Å². The third-order valence-corrected chi connectivity index (χ3v) is 2.98. The number of hydrogen-bond donors (Lipinski definition) is 0. The van der Waals surface area contributed by atoms with Gasteiger partial charge in [-0.25, -0.2) is 0 Å². The van der Waals surface area contributed by atoms with E-state index in [2.05, 4.69) is 13.4 Å². The van der Waals surface area contributed by atoms with Gasteiger partial charge in [0, 0.05) is 5.66 Å². The van der Waals surface area contributed by atoms with Gasteiger partial charge in [0.2, 0.25) is 0 Å². The SMILES string of the molecule is O=S1(=O)CC(P)CO1. The molecule has 1 aliphatic rings. The van der Waals surface area contributed by atoms with Gasteiger partial charge < -0.3 is 0 Å². The van der Waals surface area contributed by atoms with Gasteiger partial charge in [0.15, 0.2) is 0 Å². The summed E-state index contributed by atoms with van der Waals surface area (Å²) in [4.78, 5) is 0. The normalized spacial score (nSPS) is 35.4. The van der Waals surface area contributed by atoms with Gasteiger partial charge in [-0.2, -0.15) is 8.42 Å². The van der Waals surface area contributed by atoms with Crippen molar-refractivity contribution < 1.29 is 12.6 Å². The van der Waals surface area contributed by atoms with Crippen LogP contribution in [-0.2, 0) is 14.3 Å². The summed E-state index contributed by atoms with van der Waals surface area (Å²) in [7, 11) is -0.706. The lowest BCUT2D eigenvalue weighted by Gasteiger charge is -1.86. The molecule has 3 nitrogen and oxygen atoms in total. The van der Waals surface area contributed by atoms with Crippen molar-refractivity contribution in [2.75, 3.05) is 12.4 Å². The second-order valence-corrected chi connectivity index (χ2v) is 4.40. The smallest absolute Gasteiger partial charge is 0.268 e. The summed E-state index contributed by atoms with van der Waals surface area (Å²) in [5.74, 6) is 0.150. The van der Waals surface area contributed by atoms with Crippen molar-refractivity contribution in [3.8, 4) is 0 Å². The molecule has 0 spiro atoms. The Kier molecular flexibility index (Phi) is 1.56. The average Bonchev–Trinajstić information content (AvgIpc) is 1.82. The van der Waals surface area contributed by atoms with Crippen molar-refractivity contribution >= 4 is 19.4 Å². The lowest BCUT2D eigenvalue weighted by molar-refractivity contribution is 0.357. The van der Waals surface area contributed by atoms with Crippen LogP contribution in [0, 0.1) is 0 Å². The molecule has 1 aliphatic heterocycles. The summed E-state index contributed by atoms with van der Waals surface area (Å²) in [5.41, 5.74) is 0.0972. The molecule has 1 saturated heterocycles. The fourth-order valence-corrected chi connectivity index (χ4v) is 2.59. The van der Waals surface area contributed by atoms with Gasteiger partial charge in [-0.3, -0.25) is 4.18 Å². The van der Waals surface area contributed by atoms with Crippen LogP contribution in [0.4, 0.5) is 0 Å². The molecule has 0 amide bonds. The van der Waals surface area contributed by atoms with Crippen LogP contribution in [0.15, 0.2) is 0 Å². The number of rotatable bonds is 0. The molecule has 2 unspecified atom stereocenters. The molecule has 0 saturated carbocycles. The molecule has 1 fully saturated rings. The topological polar surface area (TPSA) is 43.4 Å². The molecule has 48 valence electrons. The van der Waals surface area contributed by atoms with Gasteiger partial charge in [0.05, 0.1) is 12.4 Å². The number of hydrogen-bond acceptors (Lipinski definition) is 3. The minimum absolute atomic E-state index is 0.0972. The highest BCUT2D eigenvalue weighted by atomic mass is 32.2. The molecule has 0 aliphatic carbocycles. The predicted octanol–water partition coefficient (Wildman–Crippen LogP) is -0.410. The van der Waals surface area contributed by atoms with Crippen LogP contribution in [0.1, 0.15) is 0 Å². The largest absolute Gasteiger partial charge is 0.269 e. The molecule has 0 bridgehead atoms. The highest BCUT2D eigenvalue weighted by Gasteiger charge is 2.24. The molecule has 0 aromatic rings. The molecule has 0 N–H and O–H groups in total. The fraction of sp³-hybridized carbons (Fsp3) is 1.00. The Hall–Kier alpha value is 0.340. The van der Waals surface area contributed by atoms with E-state index in [1.54, 1.807) is 0 Å². The first kappa shape index (κ1) is 6.46. The zero-order chi connectivity index (χ0) is 6.20. The van der Waals surface area contributed by atoms with E-state index in [9.17, 15) is 8.42 Å². The molecule has 8 heavy (non-hydrogen) atoms. The Labute approximate surface area is 50.7 Å². The van der Waals surface area contributed by atoms with E-state index in [-0.39, 0.29) is 11.4 Å². The van der Waals surface area contributed by atoms with E-state index in [1.807, 2.05) is 0 Å². The van der Waals surface area contributed by atoms with Gasteiger partial charge in [0.25, 0.3) is 10.1 Å². The van der Waals surface area contributed by atoms with E-state index < -0.39 is 10.1 Å². The van der Waals surface area contributed by atoms with Crippen LogP contribution in [0.25, 0.3) is 0 Å². The third-order valence-electron chi connectivity index (χ3n) is 0.880. The minimum atomic E-state index is -3.12. The van der Waals surface area contributed by atoms with E-state index >= 15 is 0 Å². The molecule has 2 atom stereocenters. The molecule has 1 heterocycles. The molecule has 5 heteroatoms. The molecular weight excluding hydrogens is 147 g/mol. The summed E-state index contributed by atoms with van der Waals surface area (Å²) in [6.45, 7) is 0.326. The van der Waals surface area contributed by atoms with E-state index in [0.29, 0.717) is 6.61 Å². The highest BCUT2D eigenvalue weighted by Crippen LogP contribution is 2.14. The quantitative estimate of drug-likeness (QED) is 0.352. The van der Waals surface area contributed by atoms with Crippen LogP contribution in [-0.4, -0.2) is 26.4 Å². The fourth-order valence-electron chi connectivity index (χ4n) is 0.549. The van der Waals surface area contributed by atoms with E-state index in [4.69, 9.17) is 0 Å². The first-order valence-corrected chi connectivity index (χ1v) is 4.47. The third kappa shape index (κ3) is 1.41. The van der Waals surface area contributed by atoms with Crippen LogP contribution >= 0.6 is 9.24 Å². The van der Waals surface area contributed by atoms with Gasteiger partial charge in [0.1, 0.15) is 0 Å². The Bertz CT molecular complexity index is 173. The van der Waals surface area contributed by atoms with Crippen LogP contribution in [0.3, 0.4) is 0 Å². The van der Waals surface area contributed by atoms with Crippen LogP contribution in [0.5, 0.6) is 0 Å². The summed E-state index contributed by atoms with van der Waals surface area (Å²) < 4.78 is 25.2. The molecular formula is C3H7O3PS. The monoisotopic (exact) mass is 154 g/mol. The highest BCUT2D eigenvalue weighted by molar-refractivity contribution is 7.87. The lowest BCUT2D eigenvalue weighted by Crippen LogP contribution is -2.02. The Morgan fingerprint density at radius 2 is 2.25 bits per heavy atom. The van der Waals surface area contributed by atoms with Crippen molar-refractivity contribution in [3.05, 3.63) is 0 Å². The maximum atomic E-state index is 10.4. The van der Waals surface area contributed by atoms with E-state index in [1.165, 1.54) is 0 Å². The maximum Gasteiger partial charge on any atom is 0.268 e. The molecule has 0 aromatic carbocycles. The molecule has 0 aromatic heterocycles. The van der Waals surface area contributed by atoms with Crippen molar-refractivity contribution in [1.82, 2.24) is 0 Å². The van der Waals surface area contributed by atoms with Crippen LogP contribution < -0.4 is 0 Å². The predicted molar refractivity (Wildman–Crippen MR) is 33.2 cm³/mol. The van der Waals surface area contributed by atoms with Gasteiger partial charge >= 0.3 is 0 Å². The summed E-state index contributed by atoms with van der Waals surface area (Å²) >= 11 is 0.